The van der Waals surface area contributed by atoms with E-state index < -0.39 is 5.60 Å². The van der Waals surface area contributed by atoms with Gasteiger partial charge in [-0.05, 0) is 46.1 Å². The summed E-state index contributed by atoms with van der Waals surface area (Å²) < 4.78 is 5.14. The van der Waals surface area contributed by atoms with Crippen molar-refractivity contribution in [3.05, 3.63) is 0 Å². The van der Waals surface area contributed by atoms with E-state index in [-0.39, 0.29) is 6.09 Å². The Kier molecular flexibility index (Phi) is 5.75. The fourth-order valence-electron chi connectivity index (χ4n) is 2.09. The average Bonchev–Trinajstić information content (AvgIpc) is 2.67. The van der Waals surface area contributed by atoms with Gasteiger partial charge < -0.3 is 15.4 Å². The first kappa shape index (κ1) is 14.3. The Labute approximate surface area is 104 Å². The summed E-state index contributed by atoms with van der Waals surface area (Å²) in [7, 11) is 0. The fraction of sp³-hybridized carbons (Fsp3) is 0.923. The molecule has 2 N–H and O–H groups in total. The summed E-state index contributed by atoms with van der Waals surface area (Å²) in [6, 6.07) is 0. The Morgan fingerprint density at radius 3 is 2.47 bits per heavy atom. The number of carbonyl (C=O) groups is 1. The number of hydrogen-bond acceptors (Lipinski definition) is 3. The molecule has 4 heteroatoms. The lowest BCUT2D eigenvalue weighted by Gasteiger charge is -2.19. The van der Waals surface area contributed by atoms with Crippen LogP contribution < -0.4 is 10.6 Å². The third-order valence-corrected chi connectivity index (χ3v) is 2.88. The largest absolute Gasteiger partial charge is 0.444 e. The number of rotatable bonds is 5. The van der Waals surface area contributed by atoms with Gasteiger partial charge in [0, 0.05) is 13.1 Å². The minimum absolute atomic E-state index is 0.333. The van der Waals surface area contributed by atoms with Crippen molar-refractivity contribution in [2.24, 2.45) is 5.92 Å². The number of hydrogen-bond donors (Lipinski definition) is 2. The Morgan fingerprint density at radius 1 is 1.24 bits per heavy atom. The molecule has 1 amide bonds. The quantitative estimate of drug-likeness (QED) is 0.727. The maximum atomic E-state index is 11.3. The lowest BCUT2D eigenvalue weighted by atomic mass is 10.1. The number of nitrogens with one attached hydrogen (secondary N) is 2. The van der Waals surface area contributed by atoms with Crippen LogP contribution in [0.2, 0.25) is 0 Å². The van der Waals surface area contributed by atoms with Crippen molar-refractivity contribution in [2.45, 2.75) is 52.1 Å². The first-order valence-corrected chi connectivity index (χ1v) is 6.65. The van der Waals surface area contributed by atoms with Crippen molar-refractivity contribution in [2.75, 3.05) is 19.6 Å². The normalized spacial score (nSPS) is 17.1. The number of ether oxygens (including phenoxy) is 1. The van der Waals surface area contributed by atoms with Crippen LogP contribution in [-0.2, 0) is 4.74 Å². The van der Waals surface area contributed by atoms with E-state index in [9.17, 15) is 4.79 Å². The molecule has 17 heavy (non-hydrogen) atoms. The van der Waals surface area contributed by atoms with Crippen LogP contribution in [-0.4, -0.2) is 31.3 Å². The summed E-state index contributed by atoms with van der Waals surface area (Å²) in [5, 5.41) is 6.12. The zero-order chi connectivity index (χ0) is 12.7. The van der Waals surface area contributed by atoms with E-state index in [0.717, 1.165) is 19.0 Å². The maximum Gasteiger partial charge on any atom is 0.407 e. The minimum atomic E-state index is -0.415. The van der Waals surface area contributed by atoms with Gasteiger partial charge in [-0.2, -0.15) is 0 Å². The number of amides is 1. The molecule has 0 aromatic carbocycles. The maximum absolute atomic E-state index is 11.3. The van der Waals surface area contributed by atoms with Crippen LogP contribution in [0, 0.1) is 5.92 Å². The Balaban J connectivity index is 1.94. The molecule has 4 nitrogen and oxygen atoms in total. The molecule has 0 aromatic heterocycles. The molecule has 0 heterocycles. The van der Waals surface area contributed by atoms with Gasteiger partial charge in [0.05, 0.1) is 0 Å². The molecule has 1 fully saturated rings. The van der Waals surface area contributed by atoms with E-state index in [4.69, 9.17) is 4.74 Å². The van der Waals surface area contributed by atoms with Gasteiger partial charge in [-0.25, -0.2) is 4.79 Å². The van der Waals surface area contributed by atoms with Gasteiger partial charge in [0.1, 0.15) is 5.60 Å². The Bertz CT molecular complexity index is 230. The summed E-state index contributed by atoms with van der Waals surface area (Å²) in [5.41, 5.74) is -0.415. The molecule has 100 valence electrons. The summed E-state index contributed by atoms with van der Waals surface area (Å²) in [5.74, 6) is 0.844. The summed E-state index contributed by atoms with van der Waals surface area (Å²) >= 11 is 0. The SMILES string of the molecule is CC(C)(C)OC(=O)NCCNCC1CCCC1. The monoisotopic (exact) mass is 242 g/mol. The Morgan fingerprint density at radius 2 is 1.88 bits per heavy atom. The van der Waals surface area contributed by atoms with E-state index in [1.165, 1.54) is 25.7 Å². The molecule has 0 atom stereocenters. The Hall–Kier alpha value is -0.770. The number of carbonyl (C=O) groups excluding carboxylic acids is 1. The van der Waals surface area contributed by atoms with Gasteiger partial charge >= 0.3 is 6.09 Å². The van der Waals surface area contributed by atoms with Crippen LogP contribution in [0.4, 0.5) is 4.79 Å². The fourth-order valence-corrected chi connectivity index (χ4v) is 2.09. The topological polar surface area (TPSA) is 50.4 Å². The van der Waals surface area contributed by atoms with Gasteiger partial charge in [0.2, 0.25) is 0 Å². The summed E-state index contributed by atoms with van der Waals surface area (Å²) in [6.45, 7) is 8.12. The second-order valence-corrected chi connectivity index (χ2v) is 5.78. The average molecular weight is 242 g/mol. The second kappa shape index (κ2) is 6.84. The van der Waals surface area contributed by atoms with Crippen molar-refractivity contribution < 1.29 is 9.53 Å². The standard InChI is InChI=1S/C13H26N2O2/c1-13(2,3)17-12(16)15-9-8-14-10-11-6-4-5-7-11/h11,14H,4-10H2,1-3H3,(H,15,16). The molecule has 0 saturated heterocycles. The molecule has 0 aromatic rings. The van der Waals surface area contributed by atoms with Crippen molar-refractivity contribution >= 4 is 6.09 Å². The molecule has 1 saturated carbocycles. The lowest BCUT2D eigenvalue weighted by molar-refractivity contribution is 0.0528. The van der Waals surface area contributed by atoms with Gasteiger partial charge in [-0.15, -0.1) is 0 Å². The van der Waals surface area contributed by atoms with E-state index >= 15 is 0 Å². The minimum Gasteiger partial charge on any atom is -0.444 e. The van der Waals surface area contributed by atoms with Crippen LogP contribution in [0.25, 0.3) is 0 Å². The van der Waals surface area contributed by atoms with Crippen molar-refractivity contribution in [1.82, 2.24) is 10.6 Å². The highest BCUT2D eigenvalue weighted by molar-refractivity contribution is 5.67. The van der Waals surface area contributed by atoms with E-state index in [1.807, 2.05) is 20.8 Å². The van der Waals surface area contributed by atoms with Crippen molar-refractivity contribution in [3.63, 3.8) is 0 Å². The molecule has 0 bridgehead atoms. The van der Waals surface area contributed by atoms with Crippen LogP contribution in [0.3, 0.4) is 0 Å². The van der Waals surface area contributed by atoms with Gasteiger partial charge in [-0.1, -0.05) is 12.8 Å². The third kappa shape index (κ3) is 7.21. The summed E-state index contributed by atoms with van der Waals surface area (Å²) in [4.78, 5) is 11.3. The zero-order valence-corrected chi connectivity index (χ0v) is 11.3. The highest BCUT2D eigenvalue weighted by atomic mass is 16.6. The van der Waals surface area contributed by atoms with Crippen LogP contribution in [0.15, 0.2) is 0 Å². The third-order valence-electron chi connectivity index (χ3n) is 2.88. The first-order chi connectivity index (χ1) is 7.97. The van der Waals surface area contributed by atoms with E-state index in [0.29, 0.717) is 6.54 Å². The van der Waals surface area contributed by atoms with Gasteiger partial charge in [0.15, 0.2) is 0 Å². The molecule has 0 aliphatic heterocycles. The van der Waals surface area contributed by atoms with E-state index in [2.05, 4.69) is 10.6 Å². The molecular weight excluding hydrogens is 216 g/mol. The van der Waals surface area contributed by atoms with Gasteiger partial charge in [0.25, 0.3) is 0 Å². The zero-order valence-electron chi connectivity index (χ0n) is 11.3. The molecular formula is C13H26N2O2. The summed E-state index contributed by atoms with van der Waals surface area (Å²) in [6.07, 6.45) is 5.13. The molecule has 0 unspecified atom stereocenters. The highest BCUT2D eigenvalue weighted by Crippen LogP contribution is 2.23. The van der Waals surface area contributed by atoms with Crippen LogP contribution in [0.5, 0.6) is 0 Å². The van der Waals surface area contributed by atoms with Gasteiger partial charge in [-0.3, -0.25) is 0 Å². The predicted molar refractivity (Wildman–Crippen MR) is 69.1 cm³/mol. The van der Waals surface area contributed by atoms with E-state index in [1.54, 1.807) is 0 Å². The molecule has 1 aliphatic carbocycles. The van der Waals surface area contributed by atoms with Crippen molar-refractivity contribution in [1.29, 1.82) is 0 Å². The lowest BCUT2D eigenvalue weighted by Crippen LogP contribution is -2.37. The molecule has 0 radical (unpaired) electrons. The molecule has 1 rings (SSSR count). The smallest absolute Gasteiger partial charge is 0.407 e. The van der Waals surface area contributed by atoms with Crippen molar-refractivity contribution in [3.8, 4) is 0 Å². The molecule has 0 spiro atoms. The second-order valence-electron chi connectivity index (χ2n) is 5.78. The highest BCUT2D eigenvalue weighted by Gasteiger charge is 2.16. The number of alkyl carbamates (subject to hydrolysis) is 1. The molecule has 1 aliphatic rings. The van der Waals surface area contributed by atoms with Crippen LogP contribution >= 0.6 is 0 Å². The first-order valence-electron chi connectivity index (χ1n) is 6.65. The van der Waals surface area contributed by atoms with Crippen LogP contribution in [0.1, 0.15) is 46.5 Å². The predicted octanol–water partition coefficient (Wildman–Crippen LogP) is 2.29.